The third kappa shape index (κ3) is 3.95. The molecule has 0 aromatic heterocycles. The van der Waals surface area contributed by atoms with Gasteiger partial charge in [-0.3, -0.25) is 4.79 Å². The molecule has 1 rings (SSSR count). The number of methoxy groups -OCH3 is 1. The molecule has 1 fully saturated rings. The van der Waals surface area contributed by atoms with Crippen molar-refractivity contribution in [2.24, 2.45) is 0 Å². The smallest absolute Gasteiger partial charge is 0.326 e. The zero-order valence-corrected chi connectivity index (χ0v) is 11.0. The highest BCUT2D eigenvalue weighted by Crippen LogP contribution is 2.17. The summed E-state index contributed by atoms with van der Waals surface area (Å²) in [6, 6.07) is -0.893. The van der Waals surface area contributed by atoms with Gasteiger partial charge in [-0.2, -0.15) is 0 Å². The van der Waals surface area contributed by atoms with Gasteiger partial charge < -0.3 is 14.7 Å². The SMILES string of the molecule is COCCS(=O)(=O)CC(=O)N1CCC[C@@H]1C(=O)O. The molecular formula is C10H17NO6S. The third-order valence-corrected chi connectivity index (χ3v) is 4.28. The lowest BCUT2D eigenvalue weighted by Crippen LogP contribution is -2.43. The molecule has 0 aromatic rings. The van der Waals surface area contributed by atoms with E-state index in [-0.39, 0.29) is 12.4 Å². The molecule has 0 aliphatic carbocycles. The number of ether oxygens (including phenoxy) is 1. The first-order chi connectivity index (χ1) is 8.37. The van der Waals surface area contributed by atoms with E-state index in [1.165, 1.54) is 7.11 Å². The van der Waals surface area contributed by atoms with Gasteiger partial charge >= 0.3 is 5.97 Å². The monoisotopic (exact) mass is 279 g/mol. The lowest BCUT2D eigenvalue weighted by atomic mass is 10.2. The van der Waals surface area contributed by atoms with Gasteiger partial charge in [0.25, 0.3) is 0 Å². The molecule has 1 N–H and O–H groups in total. The van der Waals surface area contributed by atoms with Gasteiger partial charge in [0.05, 0.1) is 12.4 Å². The van der Waals surface area contributed by atoms with Crippen LogP contribution in [-0.2, 0) is 24.2 Å². The number of carboxylic acid groups (broad SMARTS) is 1. The second-order valence-electron chi connectivity index (χ2n) is 4.17. The van der Waals surface area contributed by atoms with Crippen LogP contribution in [-0.4, -0.2) is 68.1 Å². The van der Waals surface area contributed by atoms with Crippen LogP contribution in [0.2, 0.25) is 0 Å². The van der Waals surface area contributed by atoms with Gasteiger partial charge in [-0.05, 0) is 12.8 Å². The number of carbonyl (C=O) groups is 2. The number of aliphatic carboxylic acids is 1. The molecule has 1 amide bonds. The number of likely N-dealkylation sites (tertiary alicyclic amines) is 1. The third-order valence-electron chi connectivity index (χ3n) is 2.80. The summed E-state index contributed by atoms with van der Waals surface area (Å²) in [5.74, 6) is -2.62. The number of hydrogen-bond donors (Lipinski definition) is 1. The quantitative estimate of drug-likeness (QED) is 0.678. The number of nitrogens with zero attached hydrogens (tertiary/aromatic N) is 1. The maximum absolute atomic E-state index is 11.8. The zero-order valence-electron chi connectivity index (χ0n) is 10.2. The van der Waals surface area contributed by atoms with Crippen molar-refractivity contribution in [1.29, 1.82) is 0 Å². The molecule has 0 aromatic carbocycles. The van der Waals surface area contributed by atoms with Crippen LogP contribution in [0.25, 0.3) is 0 Å². The van der Waals surface area contributed by atoms with Crippen LogP contribution in [0.1, 0.15) is 12.8 Å². The summed E-state index contributed by atoms with van der Waals surface area (Å²) in [6.45, 7) is 0.327. The molecule has 1 aliphatic heterocycles. The highest BCUT2D eigenvalue weighted by atomic mass is 32.2. The van der Waals surface area contributed by atoms with Gasteiger partial charge in [-0.15, -0.1) is 0 Å². The van der Waals surface area contributed by atoms with Crippen molar-refractivity contribution in [3.63, 3.8) is 0 Å². The first-order valence-corrected chi connectivity index (χ1v) is 7.41. The highest BCUT2D eigenvalue weighted by Gasteiger charge is 2.35. The lowest BCUT2D eigenvalue weighted by Gasteiger charge is -2.21. The fourth-order valence-corrected chi connectivity index (χ4v) is 2.98. The molecule has 18 heavy (non-hydrogen) atoms. The topological polar surface area (TPSA) is 101 Å². The summed E-state index contributed by atoms with van der Waals surface area (Å²) in [5, 5.41) is 8.91. The van der Waals surface area contributed by atoms with E-state index in [2.05, 4.69) is 4.74 Å². The van der Waals surface area contributed by atoms with E-state index in [1.807, 2.05) is 0 Å². The van der Waals surface area contributed by atoms with Crippen molar-refractivity contribution < 1.29 is 27.9 Å². The minimum Gasteiger partial charge on any atom is -0.480 e. The van der Waals surface area contributed by atoms with Crippen molar-refractivity contribution in [2.45, 2.75) is 18.9 Å². The molecule has 1 heterocycles. The largest absolute Gasteiger partial charge is 0.480 e. The number of carboxylic acids is 1. The summed E-state index contributed by atoms with van der Waals surface area (Å²) in [4.78, 5) is 23.8. The fourth-order valence-electron chi connectivity index (χ4n) is 1.88. The Morgan fingerprint density at radius 1 is 1.44 bits per heavy atom. The normalized spacial score (nSPS) is 20.1. The zero-order chi connectivity index (χ0) is 13.8. The number of sulfone groups is 1. The van der Waals surface area contributed by atoms with Gasteiger partial charge in [-0.25, -0.2) is 13.2 Å². The van der Waals surface area contributed by atoms with Crippen LogP contribution in [0.5, 0.6) is 0 Å². The summed E-state index contributed by atoms with van der Waals surface area (Å²) in [7, 11) is -2.17. The van der Waals surface area contributed by atoms with E-state index < -0.39 is 33.5 Å². The number of rotatable bonds is 6. The molecule has 7 nitrogen and oxygen atoms in total. The Kier molecular flexibility index (Phi) is 5.09. The maximum Gasteiger partial charge on any atom is 0.326 e. The van der Waals surface area contributed by atoms with E-state index in [9.17, 15) is 18.0 Å². The molecule has 1 saturated heterocycles. The van der Waals surface area contributed by atoms with Gasteiger partial charge in [0.2, 0.25) is 5.91 Å². The van der Waals surface area contributed by atoms with Gasteiger partial charge in [0.1, 0.15) is 11.8 Å². The minimum absolute atomic E-state index is 0.0258. The molecule has 1 aliphatic rings. The van der Waals surface area contributed by atoms with Crippen LogP contribution >= 0.6 is 0 Å². The van der Waals surface area contributed by atoms with Crippen molar-refractivity contribution in [1.82, 2.24) is 4.90 Å². The molecule has 104 valence electrons. The summed E-state index contributed by atoms with van der Waals surface area (Å²) in [5.41, 5.74) is 0. The summed E-state index contributed by atoms with van der Waals surface area (Å²) >= 11 is 0. The van der Waals surface area contributed by atoms with Crippen molar-refractivity contribution in [3.05, 3.63) is 0 Å². The van der Waals surface area contributed by atoms with E-state index in [4.69, 9.17) is 5.11 Å². The Hall–Kier alpha value is -1.15. The van der Waals surface area contributed by atoms with Gasteiger partial charge in [0.15, 0.2) is 9.84 Å². The van der Waals surface area contributed by atoms with Crippen LogP contribution < -0.4 is 0 Å². The molecule has 0 bridgehead atoms. The molecule has 0 radical (unpaired) electrons. The Balaban J connectivity index is 2.62. The van der Waals surface area contributed by atoms with E-state index >= 15 is 0 Å². The minimum atomic E-state index is -3.54. The molecular weight excluding hydrogens is 262 g/mol. The van der Waals surface area contributed by atoms with E-state index in [0.717, 1.165) is 4.90 Å². The van der Waals surface area contributed by atoms with Crippen molar-refractivity contribution in [2.75, 3.05) is 31.8 Å². The Bertz CT molecular complexity index is 418. The first kappa shape index (κ1) is 14.9. The van der Waals surface area contributed by atoms with Crippen LogP contribution in [0.3, 0.4) is 0 Å². The second kappa shape index (κ2) is 6.14. The molecule has 0 saturated carbocycles. The van der Waals surface area contributed by atoms with Crippen molar-refractivity contribution in [3.8, 4) is 0 Å². The number of amides is 1. The van der Waals surface area contributed by atoms with Gasteiger partial charge in [0, 0.05) is 13.7 Å². The predicted octanol–water partition coefficient (Wildman–Crippen LogP) is -0.877. The lowest BCUT2D eigenvalue weighted by molar-refractivity contribution is -0.147. The standard InChI is InChI=1S/C10H17NO6S/c1-17-5-6-18(15,16)7-9(12)11-4-2-3-8(11)10(13)14/h8H,2-7H2,1H3,(H,13,14)/t8-/m1/s1. The number of carbonyl (C=O) groups excluding carboxylic acids is 1. The number of hydrogen-bond acceptors (Lipinski definition) is 5. The van der Waals surface area contributed by atoms with Gasteiger partial charge in [-0.1, -0.05) is 0 Å². The fraction of sp³-hybridized carbons (Fsp3) is 0.800. The van der Waals surface area contributed by atoms with Crippen LogP contribution in [0, 0.1) is 0 Å². The molecule has 0 unspecified atom stereocenters. The second-order valence-corrected chi connectivity index (χ2v) is 6.35. The van der Waals surface area contributed by atoms with E-state index in [1.54, 1.807) is 0 Å². The Morgan fingerprint density at radius 2 is 2.11 bits per heavy atom. The molecule has 8 heteroatoms. The highest BCUT2D eigenvalue weighted by molar-refractivity contribution is 7.92. The predicted molar refractivity (Wildman–Crippen MR) is 62.9 cm³/mol. The van der Waals surface area contributed by atoms with E-state index in [0.29, 0.717) is 19.4 Å². The molecule has 0 spiro atoms. The summed E-state index contributed by atoms with van der Waals surface area (Å²) in [6.07, 6.45) is 0.958. The Morgan fingerprint density at radius 3 is 2.67 bits per heavy atom. The van der Waals surface area contributed by atoms with Crippen LogP contribution in [0.4, 0.5) is 0 Å². The van der Waals surface area contributed by atoms with Crippen molar-refractivity contribution >= 4 is 21.7 Å². The van der Waals surface area contributed by atoms with Crippen LogP contribution in [0.15, 0.2) is 0 Å². The average Bonchev–Trinajstić information content (AvgIpc) is 2.74. The maximum atomic E-state index is 11.8. The summed E-state index contributed by atoms with van der Waals surface area (Å²) < 4.78 is 27.8. The Labute approximate surface area is 106 Å². The molecule has 1 atom stereocenters. The first-order valence-electron chi connectivity index (χ1n) is 5.59. The average molecular weight is 279 g/mol.